The van der Waals surface area contributed by atoms with Crippen molar-refractivity contribution in [3.05, 3.63) is 59.1 Å². The first-order valence-electron chi connectivity index (χ1n) is 5.79. The monoisotopic (exact) mass is 275 g/mol. The normalized spacial score (nSPS) is 9.79. The Morgan fingerprint density at radius 2 is 1.74 bits per heavy atom. The summed E-state index contributed by atoms with van der Waals surface area (Å²) in [6.07, 6.45) is 0. The zero-order valence-electron chi connectivity index (χ0n) is 10.4. The Bertz CT molecular complexity index is 569. The second-order valence-electron chi connectivity index (χ2n) is 3.88. The minimum absolute atomic E-state index is 0.208. The fourth-order valence-corrected chi connectivity index (χ4v) is 1.75. The van der Waals surface area contributed by atoms with Crippen molar-refractivity contribution >= 4 is 28.9 Å². The van der Waals surface area contributed by atoms with Gasteiger partial charge in [-0.05, 0) is 36.4 Å². The van der Waals surface area contributed by atoms with Gasteiger partial charge in [-0.15, -0.1) is 0 Å². The number of para-hydroxylation sites is 1. The molecule has 0 saturated carbocycles. The molecule has 0 unspecified atom stereocenters. The molecule has 2 aromatic carbocycles. The van der Waals surface area contributed by atoms with Crippen LogP contribution in [0, 0.1) is 0 Å². The van der Waals surface area contributed by atoms with Crippen molar-refractivity contribution in [1.82, 2.24) is 5.43 Å². The Morgan fingerprint density at radius 1 is 1.05 bits per heavy atom. The molecule has 0 aliphatic heterocycles. The summed E-state index contributed by atoms with van der Waals surface area (Å²) in [5.41, 5.74) is 7.59. The molecule has 0 aliphatic carbocycles. The first-order valence-corrected chi connectivity index (χ1v) is 6.17. The van der Waals surface area contributed by atoms with Crippen LogP contribution in [0.2, 0.25) is 5.02 Å². The maximum Gasteiger partial charge on any atom is 0.271 e. The summed E-state index contributed by atoms with van der Waals surface area (Å²) < 4.78 is 0. The van der Waals surface area contributed by atoms with E-state index in [1.807, 2.05) is 18.2 Å². The van der Waals surface area contributed by atoms with E-state index in [1.54, 1.807) is 37.4 Å². The van der Waals surface area contributed by atoms with Gasteiger partial charge in [-0.1, -0.05) is 23.7 Å². The zero-order chi connectivity index (χ0) is 13.7. The fraction of sp³-hybridized carbons (Fsp3) is 0.0714. The van der Waals surface area contributed by atoms with Gasteiger partial charge in [0.1, 0.15) is 0 Å². The minimum atomic E-state index is -0.208. The molecular weight excluding hydrogens is 262 g/mol. The van der Waals surface area contributed by atoms with Crippen LogP contribution in [-0.4, -0.2) is 13.0 Å². The Balaban J connectivity index is 2.03. The quantitative estimate of drug-likeness (QED) is 0.752. The molecule has 0 radical (unpaired) electrons. The number of benzene rings is 2. The predicted molar refractivity (Wildman–Crippen MR) is 78.5 cm³/mol. The second kappa shape index (κ2) is 6.11. The van der Waals surface area contributed by atoms with Gasteiger partial charge in [0.25, 0.3) is 5.91 Å². The largest absolute Gasteiger partial charge is 0.387 e. The van der Waals surface area contributed by atoms with E-state index in [9.17, 15) is 4.79 Å². The van der Waals surface area contributed by atoms with Crippen molar-refractivity contribution < 1.29 is 4.79 Å². The van der Waals surface area contributed by atoms with Crippen molar-refractivity contribution in [1.29, 1.82) is 0 Å². The SMILES string of the molecule is CNc1ccccc1C(=O)NNc1ccc(Cl)cc1. The highest BCUT2D eigenvalue weighted by molar-refractivity contribution is 6.30. The summed E-state index contributed by atoms with van der Waals surface area (Å²) in [5, 5.41) is 3.63. The van der Waals surface area contributed by atoms with Gasteiger partial charge in [-0.2, -0.15) is 0 Å². The minimum Gasteiger partial charge on any atom is -0.387 e. The van der Waals surface area contributed by atoms with Crippen LogP contribution in [0.15, 0.2) is 48.5 Å². The molecule has 3 N–H and O–H groups in total. The van der Waals surface area contributed by atoms with E-state index in [4.69, 9.17) is 11.6 Å². The number of anilines is 2. The number of carbonyl (C=O) groups is 1. The number of rotatable bonds is 4. The average Bonchev–Trinajstić information content (AvgIpc) is 2.46. The summed E-state index contributed by atoms with van der Waals surface area (Å²) in [4.78, 5) is 12.0. The van der Waals surface area contributed by atoms with Crippen LogP contribution < -0.4 is 16.2 Å². The van der Waals surface area contributed by atoms with E-state index in [2.05, 4.69) is 16.2 Å². The Kier molecular flexibility index (Phi) is 4.26. The van der Waals surface area contributed by atoms with E-state index in [1.165, 1.54) is 0 Å². The zero-order valence-corrected chi connectivity index (χ0v) is 11.2. The highest BCUT2D eigenvalue weighted by atomic mass is 35.5. The molecule has 5 heteroatoms. The van der Waals surface area contributed by atoms with Gasteiger partial charge in [0.2, 0.25) is 0 Å². The smallest absolute Gasteiger partial charge is 0.271 e. The molecule has 19 heavy (non-hydrogen) atoms. The molecule has 0 bridgehead atoms. The standard InChI is InChI=1S/C14H14ClN3O/c1-16-13-5-3-2-4-12(13)14(19)18-17-11-8-6-10(15)7-9-11/h2-9,16-17H,1H3,(H,18,19). The molecule has 2 rings (SSSR count). The van der Waals surface area contributed by atoms with Gasteiger partial charge in [0.05, 0.1) is 11.3 Å². The summed E-state index contributed by atoms with van der Waals surface area (Å²) in [5.74, 6) is -0.208. The van der Waals surface area contributed by atoms with Crippen LogP contribution in [0.3, 0.4) is 0 Å². The molecule has 0 spiro atoms. The highest BCUT2D eigenvalue weighted by Crippen LogP contribution is 2.15. The fourth-order valence-electron chi connectivity index (χ4n) is 1.63. The van der Waals surface area contributed by atoms with Crippen molar-refractivity contribution in [2.24, 2.45) is 0 Å². The molecule has 4 nitrogen and oxygen atoms in total. The Morgan fingerprint density at radius 3 is 2.42 bits per heavy atom. The maximum absolute atomic E-state index is 12.0. The molecule has 0 saturated heterocycles. The topological polar surface area (TPSA) is 53.2 Å². The molecule has 0 fully saturated rings. The van der Waals surface area contributed by atoms with E-state index in [0.29, 0.717) is 10.6 Å². The average molecular weight is 276 g/mol. The van der Waals surface area contributed by atoms with Gasteiger partial charge in [0, 0.05) is 17.8 Å². The number of amides is 1. The molecule has 0 aliphatic rings. The lowest BCUT2D eigenvalue weighted by atomic mass is 10.1. The Hall–Kier alpha value is -2.20. The van der Waals surface area contributed by atoms with Crippen LogP contribution in [0.25, 0.3) is 0 Å². The first-order chi connectivity index (χ1) is 9.20. The van der Waals surface area contributed by atoms with Gasteiger partial charge in [-0.3, -0.25) is 15.6 Å². The molecule has 0 heterocycles. The van der Waals surface area contributed by atoms with Crippen molar-refractivity contribution in [2.75, 3.05) is 17.8 Å². The first kappa shape index (κ1) is 13.2. The van der Waals surface area contributed by atoms with Gasteiger partial charge < -0.3 is 5.32 Å². The number of halogens is 1. The number of hydrogen-bond donors (Lipinski definition) is 3. The third kappa shape index (κ3) is 3.39. The van der Waals surface area contributed by atoms with E-state index in [0.717, 1.165) is 11.4 Å². The summed E-state index contributed by atoms with van der Waals surface area (Å²) in [6.45, 7) is 0. The van der Waals surface area contributed by atoms with Crippen molar-refractivity contribution in [3.63, 3.8) is 0 Å². The predicted octanol–water partition coefficient (Wildman–Crippen LogP) is 3.14. The van der Waals surface area contributed by atoms with Gasteiger partial charge >= 0.3 is 0 Å². The van der Waals surface area contributed by atoms with Gasteiger partial charge in [0.15, 0.2) is 0 Å². The van der Waals surface area contributed by atoms with E-state index < -0.39 is 0 Å². The van der Waals surface area contributed by atoms with E-state index in [-0.39, 0.29) is 5.91 Å². The summed E-state index contributed by atoms with van der Waals surface area (Å²) in [7, 11) is 1.78. The summed E-state index contributed by atoms with van der Waals surface area (Å²) >= 11 is 5.79. The maximum atomic E-state index is 12.0. The Labute approximate surface area is 116 Å². The molecule has 98 valence electrons. The summed E-state index contributed by atoms with van der Waals surface area (Å²) in [6, 6.07) is 14.4. The van der Waals surface area contributed by atoms with Crippen LogP contribution in [0.5, 0.6) is 0 Å². The van der Waals surface area contributed by atoms with E-state index >= 15 is 0 Å². The lowest BCUT2D eigenvalue weighted by molar-refractivity contribution is 0.0963. The third-order valence-corrected chi connectivity index (χ3v) is 2.86. The number of carbonyl (C=O) groups excluding carboxylic acids is 1. The second-order valence-corrected chi connectivity index (χ2v) is 4.32. The lowest BCUT2D eigenvalue weighted by Gasteiger charge is -2.11. The van der Waals surface area contributed by atoms with Crippen LogP contribution in [-0.2, 0) is 0 Å². The van der Waals surface area contributed by atoms with Crippen LogP contribution in [0.1, 0.15) is 10.4 Å². The lowest BCUT2D eigenvalue weighted by Crippen LogP contribution is -2.29. The highest BCUT2D eigenvalue weighted by Gasteiger charge is 2.09. The molecule has 2 aromatic rings. The molecule has 0 aromatic heterocycles. The van der Waals surface area contributed by atoms with Crippen molar-refractivity contribution in [2.45, 2.75) is 0 Å². The molecule has 0 atom stereocenters. The van der Waals surface area contributed by atoms with Crippen molar-refractivity contribution in [3.8, 4) is 0 Å². The van der Waals surface area contributed by atoms with Crippen LogP contribution in [0.4, 0.5) is 11.4 Å². The third-order valence-electron chi connectivity index (χ3n) is 2.61. The number of nitrogens with one attached hydrogen (secondary N) is 3. The number of hydrogen-bond acceptors (Lipinski definition) is 3. The number of hydrazine groups is 1. The molecular formula is C14H14ClN3O. The molecule has 1 amide bonds. The van der Waals surface area contributed by atoms with Crippen LogP contribution >= 0.6 is 11.6 Å². The van der Waals surface area contributed by atoms with Gasteiger partial charge in [-0.25, -0.2) is 0 Å².